The quantitative estimate of drug-likeness (QED) is 0.219. The summed E-state index contributed by atoms with van der Waals surface area (Å²) in [5.74, 6) is -1.10. The molecule has 6 aromatic rings. The van der Waals surface area contributed by atoms with Crippen molar-refractivity contribution in [3.63, 3.8) is 0 Å². The van der Waals surface area contributed by atoms with Crippen LogP contribution in [0, 0.1) is 6.92 Å². The third kappa shape index (κ3) is 5.44. The Morgan fingerprint density at radius 1 is 1.11 bits per heavy atom. The Hall–Kier alpha value is -5.02. The number of benzene rings is 1. The molecule has 12 nitrogen and oxygen atoms in total. The average molecular weight is 644 g/mol. The number of Topliss-reactive ketones (excluding diaryl/α,β-unsaturated/α-hetero) is 1. The van der Waals surface area contributed by atoms with Crippen LogP contribution in [0.3, 0.4) is 0 Å². The number of fused-ring (bicyclic) bond motifs is 2. The number of amides is 2. The summed E-state index contributed by atoms with van der Waals surface area (Å²) in [6.45, 7) is 3.00. The van der Waals surface area contributed by atoms with Crippen molar-refractivity contribution in [2.45, 2.75) is 39.0 Å². The molecule has 1 fully saturated rings. The smallest absolute Gasteiger partial charge is 0.249 e. The van der Waals surface area contributed by atoms with Crippen molar-refractivity contribution < 1.29 is 18.8 Å². The van der Waals surface area contributed by atoms with E-state index in [-0.39, 0.29) is 25.3 Å². The zero-order valence-electron chi connectivity index (χ0n) is 24.1. The Morgan fingerprint density at radius 3 is 2.73 bits per heavy atom. The maximum atomic E-state index is 14.7. The predicted molar refractivity (Wildman–Crippen MR) is 170 cm³/mol. The number of carbonyl (C=O) groups is 3. The fourth-order valence-electron chi connectivity index (χ4n) is 5.69. The molecule has 0 saturated carbocycles. The number of likely N-dealkylation sites (tertiary alicyclic amines) is 1. The van der Waals surface area contributed by atoms with Gasteiger partial charge in [-0.05, 0) is 32.0 Å². The fraction of sp³-hybridized carbons (Fsp3) is 0.233. The van der Waals surface area contributed by atoms with Gasteiger partial charge in [-0.2, -0.15) is 0 Å². The van der Waals surface area contributed by atoms with Crippen LogP contribution in [0.5, 0.6) is 0 Å². The number of ketones is 1. The number of aromatic nitrogens is 6. The lowest BCUT2D eigenvalue weighted by Crippen LogP contribution is -2.44. The molecule has 1 aliphatic heterocycles. The number of anilines is 3. The van der Waals surface area contributed by atoms with Crippen molar-refractivity contribution in [1.82, 2.24) is 33.8 Å². The highest BCUT2D eigenvalue weighted by Gasteiger charge is 2.40. The van der Waals surface area contributed by atoms with Crippen LogP contribution < -0.4 is 10.6 Å². The molecule has 5 aromatic heterocycles. The summed E-state index contributed by atoms with van der Waals surface area (Å²) in [6.07, 6.45) is 6.77. The lowest BCUT2D eigenvalue weighted by molar-refractivity contribution is -0.137. The Balaban J connectivity index is 1.09. The molecule has 2 amide bonds. The van der Waals surface area contributed by atoms with Crippen LogP contribution in [0.15, 0.2) is 60.1 Å². The predicted octanol–water partition coefficient (Wildman–Crippen LogP) is 5.10. The molecular weight excluding hydrogens is 618 g/mol. The van der Waals surface area contributed by atoms with Gasteiger partial charge in [-0.25, -0.2) is 24.3 Å². The largest absolute Gasteiger partial charge is 0.353 e. The average Bonchev–Trinajstić information content (AvgIpc) is 3.83. The minimum absolute atomic E-state index is 0.115. The molecule has 45 heavy (non-hydrogen) atoms. The van der Waals surface area contributed by atoms with Crippen LogP contribution >= 0.6 is 22.7 Å². The molecule has 0 radical (unpaired) electrons. The monoisotopic (exact) mass is 643 g/mol. The molecule has 228 valence electrons. The summed E-state index contributed by atoms with van der Waals surface area (Å²) in [6, 6.07) is 4.44. The molecule has 7 rings (SSSR count). The Bertz CT molecular complexity index is 2080. The number of nitrogens with zero attached hydrogens (tertiary/aromatic N) is 7. The lowest BCUT2D eigenvalue weighted by Gasteiger charge is -2.23. The highest BCUT2D eigenvalue weighted by molar-refractivity contribution is 7.15. The van der Waals surface area contributed by atoms with Gasteiger partial charge in [0.05, 0.1) is 36.0 Å². The number of halogens is 1. The summed E-state index contributed by atoms with van der Waals surface area (Å²) in [7, 11) is 0. The standard InChI is InChI=1S/C30H26FN9O3S2/c1-16-27(39-5-6-44-30(39)34-16)23-14-45-29(36-23)37-28(43)25-7-18(31)11-40(25)26(42)13-38-12-22(17(2)41)21-8-19(3-4-24(21)38)35-20-9-32-15-33-10-20/h3-6,8-10,12,14-15,18,25,35H,7,11,13H2,1-2H3,(H,36,37,43)/t18-,25+/m1/s1. The van der Waals surface area contributed by atoms with E-state index in [1.165, 1.54) is 40.8 Å². The molecule has 0 spiro atoms. The van der Waals surface area contributed by atoms with Crippen molar-refractivity contribution >= 4 is 72.6 Å². The van der Waals surface area contributed by atoms with Gasteiger partial charge < -0.3 is 20.1 Å². The third-order valence-corrected chi connectivity index (χ3v) is 9.22. The van der Waals surface area contributed by atoms with Crippen LogP contribution in [-0.2, 0) is 16.1 Å². The number of rotatable bonds is 8. The summed E-state index contributed by atoms with van der Waals surface area (Å²) in [4.78, 5) is 58.7. The normalized spacial score (nSPS) is 16.5. The minimum atomic E-state index is -1.34. The van der Waals surface area contributed by atoms with Crippen molar-refractivity contribution in [1.29, 1.82) is 0 Å². The fourth-order valence-corrected chi connectivity index (χ4v) is 7.15. The maximum absolute atomic E-state index is 14.7. The van der Waals surface area contributed by atoms with Gasteiger partial charge in [0.1, 0.15) is 30.8 Å². The number of imidazole rings is 1. The molecule has 1 saturated heterocycles. The zero-order chi connectivity index (χ0) is 31.2. The molecule has 1 aliphatic rings. The molecular formula is C30H26FN9O3S2. The molecule has 6 heterocycles. The van der Waals surface area contributed by atoms with Crippen molar-refractivity contribution in [3.05, 3.63) is 71.3 Å². The molecule has 2 atom stereocenters. The van der Waals surface area contributed by atoms with E-state index >= 15 is 0 Å². The van der Waals surface area contributed by atoms with E-state index in [4.69, 9.17) is 0 Å². The SMILES string of the molecule is CC(=O)c1cn(CC(=O)N2C[C@H](F)C[C@H]2C(=O)Nc2nc(-c3c(C)nc4sccn34)cs2)c2ccc(Nc3cncnc3)cc12. The van der Waals surface area contributed by atoms with E-state index in [0.717, 1.165) is 16.3 Å². The number of thiazole rings is 2. The van der Waals surface area contributed by atoms with E-state index in [2.05, 4.69) is 30.6 Å². The van der Waals surface area contributed by atoms with Gasteiger partial charge in [0, 0.05) is 51.7 Å². The second kappa shape index (κ2) is 11.5. The van der Waals surface area contributed by atoms with Crippen LogP contribution in [0.2, 0.25) is 0 Å². The second-order valence-electron chi connectivity index (χ2n) is 10.7. The minimum Gasteiger partial charge on any atom is -0.353 e. The molecule has 0 unspecified atom stereocenters. The first kappa shape index (κ1) is 28.7. The van der Waals surface area contributed by atoms with Gasteiger partial charge in [0.15, 0.2) is 15.9 Å². The summed E-state index contributed by atoms with van der Waals surface area (Å²) >= 11 is 2.77. The topological polar surface area (TPSA) is 139 Å². The molecule has 15 heteroatoms. The van der Waals surface area contributed by atoms with Gasteiger partial charge >= 0.3 is 0 Å². The number of hydrogen-bond donors (Lipinski definition) is 2. The first-order chi connectivity index (χ1) is 21.7. The van der Waals surface area contributed by atoms with Gasteiger partial charge in [-0.15, -0.1) is 22.7 Å². The first-order valence-corrected chi connectivity index (χ1v) is 15.8. The van der Waals surface area contributed by atoms with E-state index in [9.17, 15) is 18.8 Å². The lowest BCUT2D eigenvalue weighted by atomic mass is 10.1. The Morgan fingerprint density at radius 2 is 1.93 bits per heavy atom. The van der Waals surface area contributed by atoms with Gasteiger partial charge in [0.2, 0.25) is 11.8 Å². The molecule has 0 aliphatic carbocycles. The number of aryl methyl sites for hydroxylation is 1. The van der Waals surface area contributed by atoms with Gasteiger partial charge in [0.25, 0.3) is 0 Å². The number of alkyl halides is 1. The summed E-state index contributed by atoms with van der Waals surface area (Å²) in [5.41, 5.74) is 4.82. The van der Waals surface area contributed by atoms with Crippen molar-refractivity contribution in [2.75, 3.05) is 17.2 Å². The van der Waals surface area contributed by atoms with Crippen LogP contribution in [0.4, 0.5) is 20.9 Å². The zero-order valence-corrected chi connectivity index (χ0v) is 25.7. The van der Waals surface area contributed by atoms with E-state index in [1.807, 2.05) is 40.4 Å². The summed E-state index contributed by atoms with van der Waals surface area (Å²) in [5, 5.41) is 10.8. The van der Waals surface area contributed by atoms with E-state index in [1.54, 1.807) is 29.2 Å². The van der Waals surface area contributed by atoms with Gasteiger partial charge in [-0.3, -0.25) is 18.8 Å². The van der Waals surface area contributed by atoms with Crippen molar-refractivity contribution in [3.8, 4) is 11.4 Å². The van der Waals surface area contributed by atoms with Crippen LogP contribution in [0.1, 0.15) is 29.4 Å². The highest BCUT2D eigenvalue weighted by atomic mass is 32.1. The number of nitrogens with one attached hydrogen (secondary N) is 2. The third-order valence-electron chi connectivity index (χ3n) is 7.70. The van der Waals surface area contributed by atoms with Gasteiger partial charge in [-0.1, -0.05) is 0 Å². The molecule has 2 N–H and O–H groups in total. The first-order valence-electron chi connectivity index (χ1n) is 14.0. The highest BCUT2D eigenvalue weighted by Crippen LogP contribution is 2.31. The van der Waals surface area contributed by atoms with Crippen LogP contribution in [-0.4, -0.2) is 70.2 Å². The number of hydrogen-bond acceptors (Lipinski definition) is 10. The summed E-state index contributed by atoms with van der Waals surface area (Å²) < 4.78 is 18.3. The van der Waals surface area contributed by atoms with E-state index in [0.29, 0.717) is 38.7 Å². The van der Waals surface area contributed by atoms with E-state index < -0.39 is 24.0 Å². The second-order valence-corrected chi connectivity index (χ2v) is 12.5. The van der Waals surface area contributed by atoms with Crippen LogP contribution in [0.25, 0.3) is 27.3 Å². The Labute approximate surface area is 263 Å². The molecule has 0 bridgehead atoms. The molecule has 1 aromatic carbocycles. The maximum Gasteiger partial charge on any atom is 0.249 e. The Kier molecular flexibility index (Phi) is 7.33. The number of carbonyl (C=O) groups excluding carboxylic acids is 3. The van der Waals surface area contributed by atoms with Crippen molar-refractivity contribution in [2.24, 2.45) is 0 Å².